The van der Waals surface area contributed by atoms with Crippen LogP contribution in [0.5, 0.6) is 5.75 Å². The third-order valence-electron chi connectivity index (χ3n) is 4.09. The van der Waals surface area contributed by atoms with Crippen LogP contribution in [0.4, 0.5) is 10.8 Å². The quantitative estimate of drug-likeness (QED) is 0.577. The summed E-state index contributed by atoms with van der Waals surface area (Å²) in [5, 5.41) is 3.82. The first kappa shape index (κ1) is 16.8. The van der Waals surface area contributed by atoms with E-state index in [0.717, 1.165) is 21.3 Å². The predicted octanol–water partition coefficient (Wildman–Crippen LogP) is 3.34. The van der Waals surface area contributed by atoms with E-state index < -0.39 is 9.84 Å². The normalized spacial score (nSPS) is 12.0. The van der Waals surface area contributed by atoms with Crippen molar-refractivity contribution in [3.63, 3.8) is 0 Å². The zero-order valence-electron chi connectivity index (χ0n) is 14.3. The number of sulfone groups is 1. The minimum Gasteiger partial charge on any atom is -0.495 e. The van der Waals surface area contributed by atoms with Gasteiger partial charge >= 0.3 is 0 Å². The van der Waals surface area contributed by atoms with Gasteiger partial charge in [0.2, 0.25) is 0 Å². The number of nitrogens with one attached hydrogen (secondary N) is 1. The first-order valence-electron chi connectivity index (χ1n) is 7.72. The summed E-state index contributed by atoms with van der Waals surface area (Å²) in [5.74, 6) is 0.541. The predicted molar refractivity (Wildman–Crippen MR) is 103 cm³/mol. The van der Waals surface area contributed by atoms with Crippen molar-refractivity contribution in [1.29, 1.82) is 0 Å². The van der Waals surface area contributed by atoms with Crippen molar-refractivity contribution in [2.75, 3.05) is 18.7 Å². The molecule has 0 unspecified atom stereocenters. The van der Waals surface area contributed by atoms with Gasteiger partial charge in [-0.3, -0.25) is 0 Å². The van der Waals surface area contributed by atoms with Crippen molar-refractivity contribution in [2.24, 2.45) is 7.05 Å². The van der Waals surface area contributed by atoms with Crippen LogP contribution < -0.4 is 10.1 Å². The van der Waals surface area contributed by atoms with Crippen LogP contribution in [0.1, 0.15) is 0 Å². The Kier molecular flexibility index (Phi) is 3.85. The van der Waals surface area contributed by atoms with Gasteiger partial charge in [0.1, 0.15) is 16.8 Å². The standard InChI is InChI=1S/C17H16N4O3S2/c1-21-9-18-15-12(21)5-7-14-16(15)20-17(25-14)19-11-8-10(26(3,22)23)4-6-13(11)24-2/h4-9H,1-3H3,(H,19,20). The molecule has 0 atom stereocenters. The van der Waals surface area contributed by atoms with Crippen LogP contribution in [0, 0.1) is 0 Å². The summed E-state index contributed by atoms with van der Waals surface area (Å²) in [7, 11) is 0.158. The first-order valence-corrected chi connectivity index (χ1v) is 10.4. The van der Waals surface area contributed by atoms with E-state index >= 15 is 0 Å². The highest BCUT2D eigenvalue weighted by Crippen LogP contribution is 2.35. The molecule has 4 rings (SSSR count). The Balaban J connectivity index is 1.81. The van der Waals surface area contributed by atoms with Crippen LogP contribution in [0.25, 0.3) is 21.3 Å². The molecule has 134 valence electrons. The molecule has 0 spiro atoms. The van der Waals surface area contributed by atoms with Gasteiger partial charge in [-0.15, -0.1) is 0 Å². The Morgan fingerprint density at radius 1 is 1.19 bits per heavy atom. The van der Waals surface area contributed by atoms with E-state index in [2.05, 4.69) is 15.3 Å². The zero-order chi connectivity index (χ0) is 18.5. The Hall–Kier alpha value is -2.65. The first-order chi connectivity index (χ1) is 12.4. The van der Waals surface area contributed by atoms with Crippen LogP contribution in [-0.4, -0.2) is 36.3 Å². The summed E-state index contributed by atoms with van der Waals surface area (Å²) in [5.41, 5.74) is 3.21. The number of imidazole rings is 1. The van der Waals surface area contributed by atoms with Gasteiger partial charge in [-0.1, -0.05) is 11.3 Å². The summed E-state index contributed by atoms with van der Waals surface area (Å²) in [6.45, 7) is 0. The van der Waals surface area contributed by atoms with Crippen molar-refractivity contribution in [1.82, 2.24) is 14.5 Å². The van der Waals surface area contributed by atoms with Gasteiger partial charge in [-0.05, 0) is 30.3 Å². The highest BCUT2D eigenvalue weighted by Gasteiger charge is 2.15. The summed E-state index contributed by atoms with van der Waals surface area (Å²) in [6.07, 6.45) is 2.93. The molecule has 0 aliphatic carbocycles. The van der Waals surface area contributed by atoms with E-state index in [4.69, 9.17) is 4.74 Å². The van der Waals surface area contributed by atoms with Crippen molar-refractivity contribution in [3.05, 3.63) is 36.7 Å². The van der Waals surface area contributed by atoms with E-state index in [1.54, 1.807) is 18.5 Å². The molecule has 2 heterocycles. The maximum atomic E-state index is 11.8. The Bertz CT molecular complexity index is 1240. The fraction of sp³-hybridized carbons (Fsp3) is 0.176. The fourth-order valence-electron chi connectivity index (χ4n) is 2.77. The van der Waals surface area contributed by atoms with Gasteiger partial charge in [-0.25, -0.2) is 18.4 Å². The van der Waals surface area contributed by atoms with Gasteiger partial charge in [0, 0.05) is 13.3 Å². The number of anilines is 2. The number of nitrogens with zero attached hydrogens (tertiary/aromatic N) is 3. The average molecular weight is 388 g/mol. The maximum absolute atomic E-state index is 11.8. The zero-order valence-corrected chi connectivity index (χ0v) is 16.0. The van der Waals surface area contributed by atoms with Crippen LogP contribution >= 0.6 is 11.3 Å². The fourth-order valence-corrected chi connectivity index (χ4v) is 4.30. The number of ether oxygens (including phenoxy) is 1. The minimum atomic E-state index is -3.32. The molecule has 0 radical (unpaired) electrons. The smallest absolute Gasteiger partial charge is 0.188 e. The van der Waals surface area contributed by atoms with E-state index in [0.29, 0.717) is 16.6 Å². The molecular weight excluding hydrogens is 372 g/mol. The second-order valence-corrected chi connectivity index (χ2v) is 8.96. The molecule has 0 amide bonds. The molecule has 2 aromatic heterocycles. The number of thiazole rings is 1. The number of aromatic nitrogens is 3. The summed E-state index contributed by atoms with van der Waals surface area (Å²) in [6, 6.07) is 8.72. The molecule has 7 nitrogen and oxygen atoms in total. The number of aryl methyl sites for hydroxylation is 1. The van der Waals surface area contributed by atoms with Crippen LogP contribution in [0.2, 0.25) is 0 Å². The van der Waals surface area contributed by atoms with Crippen molar-refractivity contribution >= 4 is 53.2 Å². The van der Waals surface area contributed by atoms with Crippen LogP contribution in [-0.2, 0) is 16.9 Å². The summed E-state index contributed by atoms with van der Waals surface area (Å²) in [4.78, 5) is 9.28. The van der Waals surface area contributed by atoms with E-state index in [1.165, 1.54) is 30.8 Å². The molecule has 0 fully saturated rings. The lowest BCUT2D eigenvalue weighted by Crippen LogP contribution is -2.00. The molecule has 4 aromatic rings. The number of hydrogen-bond donors (Lipinski definition) is 1. The molecule has 0 saturated carbocycles. The average Bonchev–Trinajstić information content (AvgIpc) is 3.17. The molecule has 0 aliphatic rings. The molecule has 9 heteroatoms. The van der Waals surface area contributed by atoms with Gasteiger partial charge in [0.15, 0.2) is 15.0 Å². The van der Waals surface area contributed by atoms with E-state index in [1.807, 2.05) is 23.7 Å². The number of rotatable bonds is 4. The molecule has 2 aromatic carbocycles. The second-order valence-electron chi connectivity index (χ2n) is 5.91. The SMILES string of the molecule is COc1ccc(S(C)(=O)=O)cc1Nc1nc2c(ccc3c2ncn3C)s1. The van der Waals surface area contributed by atoms with Crippen molar-refractivity contribution in [2.45, 2.75) is 4.90 Å². The molecule has 0 bridgehead atoms. The molecule has 26 heavy (non-hydrogen) atoms. The Morgan fingerprint density at radius 2 is 2.00 bits per heavy atom. The minimum absolute atomic E-state index is 0.217. The van der Waals surface area contributed by atoms with Gasteiger partial charge < -0.3 is 14.6 Å². The number of methoxy groups -OCH3 is 1. The van der Waals surface area contributed by atoms with E-state index in [-0.39, 0.29) is 4.90 Å². The highest BCUT2D eigenvalue weighted by molar-refractivity contribution is 7.90. The Morgan fingerprint density at radius 3 is 2.73 bits per heavy atom. The lowest BCUT2D eigenvalue weighted by atomic mass is 10.3. The maximum Gasteiger partial charge on any atom is 0.188 e. The van der Waals surface area contributed by atoms with E-state index in [9.17, 15) is 8.42 Å². The monoisotopic (exact) mass is 388 g/mol. The van der Waals surface area contributed by atoms with Gasteiger partial charge in [0.05, 0.1) is 34.2 Å². The largest absolute Gasteiger partial charge is 0.495 e. The molecule has 0 aliphatic heterocycles. The van der Waals surface area contributed by atoms with Crippen molar-refractivity contribution in [3.8, 4) is 5.75 Å². The third-order valence-corrected chi connectivity index (χ3v) is 6.14. The summed E-state index contributed by atoms with van der Waals surface area (Å²) < 4.78 is 31.9. The van der Waals surface area contributed by atoms with Crippen LogP contribution in [0.3, 0.4) is 0 Å². The second kappa shape index (κ2) is 5.96. The lowest BCUT2D eigenvalue weighted by molar-refractivity contribution is 0.416. The topological polar surface area (TPSA) is 86.1 Å². The van der Waals surface area contributed by atoms with Gasteiger partial charge in [0.25, 0.3) is 0 Å². The third kappa shape index (κ3) is 2.78. The lowest BCUT2D eigenvalue weighted by Gasteiger charge is -2.10. The Labute approximate surface area is 154 Å². The number of hydrogen-bond acceptors (Lipinski definition) is 7. The van der Waals surface area contributed by atoms with Gasteiger partial charge in [-0.2, -0.15) is 0 Å². The molecule has 1 N–H and O–H groups in total. The number of benzene rings is 2. The molecular formula is C17H16N4O3S2. The molecule has 0 saturated heterocycles. The van der Waals surface area contributed by atoms with Crippen LogP contribution in [0.15, 0.2) is 41.6 Å². The number of fused-ring (bicyclic) bond motifs is 3. The van der Waals surface area contributed by atoms with Crippen molar-refractivity contribution < 1.29 is 13.2 Å². The highest BCUT2D eigenvalue weighted by atomic mass is 32.2. The summed E-state index contributed by atoms with van der Waals surface area (Å²) >= 11 is 1.47.